The van der Waals surface area contributed by atoms with E-state index in [9.17, 15) is 0 Å². The van der Waals surface area contributed by atoms with Crippen molar-refractivity contribution in [2.45, 2.75) is 64.3 Å². The first-order valence-electron chi connectivity index (χ1n) is 9.67. The Kier molecular flexibility index (Phi) is 6.19. The number of fused-ring (bicyclic) bond motifs is 2. The van der Waals surface area contributed by atoms with E-state index in [-0.39, 0.29) is 0 Å². The standard InChI is InChI=1S/C20H32N4O/c1-4-21-20(24-17-12-16-10-11-19(17)25-16)22-13-18(14(2)3)23-15-8-6-5-7-9-15/h5-9,14,16-19,23H,4,10-13H2,1-3H3,(H2,21,22,24). The van der Waals surface area contributed by atoms with Crippen molar-refractivity contribution >= 4 is 11.6 Å². The SMILES string of the molecule is CCNC(=NCC(Nc1ccccc1)C(C)C)NC1CC2CCC1O2. The normalized spacial score (nSPS) is 26.7. The summed E-state index contributed by atoms with van der Waals surface area (Å²) in [5, 5.41) is 10.6. The van der Waals surface area contributed by atoms with Crippen molar-refractivity contribution in [3.8, 4) is 0 Å². The highest BCUT2D eigenvalue weighted by Crippen LogP contribution is 2.34. The number of aliphatic imine (C=N–C) groups is 1. The number of hydrogen-bond acceptors (Lipinski definition) is 3. The summed E-state index contributed by atoms with van der Waals surface area (Å²) in [7, 11) is 0. The Labute approximate surface area is 151 Å². The average Bonchev–Trinajstić information content (AvgIpc) is 3.22. The molecular weight excluding hydrogens is 312 g/mol. The van der Waals surface area contributed by atoms with Crippen LogP contribution in [0.15, 0.2) is 35.3 Å². The van der Waals surface area contributed by atoms with Gasteiger partial charge in [-0.3, -0.25) is 4.99 Å². The molecule has 25 heavy (non-hydrogen) atoms. The maximum Gasteiger partial charge on any atom is 0.191 e. The summed E-state index contributed by atoms with van der Waals surface area (Å²) in [5.74, 6) is 1.40. The highest BCUT2D eigenvalue weighted by Gasteiger charge is 2.41. The van der Waals surface area contributed by atoms with Crippen LogP contribution in [0.2, 0.25) is 0 Å². The summed E-state index contributed by atoms with van der Waals surface area (Å²) in [4.78, 5) is 4.85. The number of para-hydroxylation sites is 1. The molecule has 0 aliphatic carbocycles. The number of anilines is 1. The van der Waals surface area contributed by atoms with Gasteiger partial charge in [-0.2, -0.15) is 0 Å². The number of nitrogens with zero attached hydrogens (tertiary/aromatic N) is 1. The number of rotatable bonds is 7. The van der Waals surface area contributed by atoms with Crippen LogP contribution in [0.25, 0.3) is 0 Å². The molecule has 0 saturated carbocycles. The summed E-state index contributed by atoms with van der Waals surface area (Å²) < 4.78 is 5.95. The lowest BCUT2D eigenvalue weighted by Crippen LogP contribution is -2.48. The van der Waals surface area contributed by atoms with Crippen molar-refractivity contribution in [3.05, 3.63) is 30.3 Å². The molecule has 2 fully saturated rings. The molecule has 1 aromatic rings. The van der Waals surface area contributed by atoms with Crippen LogP contribution in [-0.4, -0.2) is 43.3 Å². The van der Waals surface area contributed by atoms with Gasteiger partial charge in [-0.1, -0.05) is 32.0 Å². The lowest BCUT2D eigenvalue weighted by molar-refractivity contribution is 0.0992. The number of nitrogens with one attached hydrogen (secondary N) is 3. The van der Waals surface area contributed by atoms with E-state index in [1.165, 1.54) is 12.8 Å². The van der Waals surface area contributed by atoms with Gasteiger partial charge < -0.3 is 20.7 Å². The Morgan fingerprint density at radius 1 is 1.24 bits per heavy atom. The molecule has 1 aromatic carbocycles. The lowest BCUT2D eigenvalue weighted by atomic mass is 9.96. The fourth-order valence-corrected chi connectivity index (χ4v) is 3.65. The van der Waals surface area contributed by atoms with E-state index in [1.54, 1.807) is 0 Å². The Morgan fingerprint density at radius 2 is 2.04 bits per heavy atom. The van der Waals surface area contributed by atoms with Crippen LogP contribution in [0.3, 0.4) is 0 Å². The Balaban J connectivity index is 1.60. The van der Waals surface area contributed by atoms with Gasteiger partial charge in [0, 0.05) is 18.3 Å². The van der Waals surface area contributed by atoms with Gasteiger partial charge in [-0.15, -0.1) is 0 Å². The molecule has 0 amide bonds. The van der Waals surface area contributed by atoms with E-state index >= 15 is 0 Å². The van der Waals surface area contributed by atoms with E-state index < -0.39 is 0 Å². The molecule has 2 aliphatic rings. The highest BCUT2D eigenvalue weighted by atomic mass is 16.5. The maximum atomic E-state index is 5.95. The quantitative estimate of drug-likeness (QED) is 0.526. The first kappa shape index (κ1) is 18.1. The van der Waals surface area contributed by atoms with Gasteiger partial charge >= 0.3 is 0 Å². The molecule has 2 aliphatic heterocycles. The molecule has 0 aromatic heterocycles. The average molecular weight is 345 g/mol. The largest absolute Gasteiger partial charge is 0.380 e. The first-order valence-corrected chi connectivity index (χ1v) is 9.67. The van der Waals surface area contributed by atoms with Crippen molar-refractivity contribution in [1.82, 2.24) is 10.6 Å². The second-order valence-corrected chi connectivity index (χ2v) is 7.44. The Morgan fingerprint density at radius 3 is 2.64 bits per heavy atom. The van der Waals surface area contributed by atoms with Crippen LogP contribution in [-0.2, 0) is 4.74 Å². The van der Waals surface area contributed by atoms with Gasteiger partial charge in [0.05, 0.1) is 24.8 Å². The Hall–Kier alpha value is -1.75. The van der Waals surface area contributed by atoms with Crippen molar-refractivity contribution in [1.29, 1.82) is 0 Å². The van der Waals surface area contributed by atoms with Gasteiger partial charge in [0.15, 0.2) is 5.96 Å². The minimum atomic E-state index is 0.300. The van der Waals surface area contributed by atoms with Crippen LogP contribution < -0.4 is 16.0 Å². The predicted octanol–water partition coefficient (Wildman–Crippen LogP) is 3.00. The second kappa shape index (κ2) is 8.56. The third-order valence-electron chi connectivity index (χ3n) is 5.15. The molecule has 2 bridgehead atoms. The lowest BCUT2D eigenvalue weighted by Gasteiger charge is -2.25. The van der Waals surface area contributed by atoms with Gasteiger partial charge in [0.25, 0.3) is 0 Å². The molecular formula is C20H32N4O. The summed E-state index contributed by atoms with van der Waals surface area (Å²) in [6.45, 7) is 8.19. The van der Waals surface area contributed by atoms with Crippen LogP contribution in [0.5, 0.6) is 0 Å². The fourth-order valence-electron chi connectivity index (χ4n) is 3.65. The van der Waals surface area contributed by atoms with E-state index in [4.69, 9.17) is 9.73 Å². The van der Waals surface area contributed by atoms with Crippen molar-refractivity contribution in [3.63, 3.8) is 0 Å². The molecule has 2 heterocycles. The molecule has 5 heteroatoms. The van der Waals surface area contributed by atoms with Crippen molar-refractivity contribution < 1.29 is 4.74 Å². The molecule has 3 N–H and O–H groups in total. The van der Waals surface area contributed by atoms with E-state index in [0.717, 1.165) is 31.2 Å². The van der Waals surface area contributed by atoms with Crippen molar-refractivity contribution in [2.75, 3.05) is 18.4 Å². The molecule has 0 spiro atoms. The van der Waals surface area contributed by atoms with E-state index in [2.05, 4.69) is 61.0 Å². The third-order valence-corrected chi connectivity index (χ3v) is 5.15. The third kappa shape index (κ3) is 4.88. The van der Waals surface area contributed by atoms with E-state index in [1.807, 2.05) is 6.07 Å². The summed E-state index contributed by atoms with van der Waals surface area (Å²) >= 11 is 0. The Bertz CT molecular complexity index is 560. The topological polar surface area (TPSA) is 57.7 Å². The number of guanidine groups is 1. The van der Waals surface area contributed by atoms with E-state index in [0.29, 0.717) is 30.2 Å². The summed E-state index contributed by atoms with van der Waals surface area (Å²) in [6.07, 6.45) is 4.30. The summed E-state index contributed by atoms with van der Waals surface area (Å²) in [6, 6.07) is 11.1. The van der Waals surface area contributed by atoms with Gasteiger partial charge in [0.2, 0.25) is 0 Å². The summed E-state index contributed by atoms with van der Waals surface area (Å²) in [5.41, 5.74) is 1.15. The molecule has 4 atom stereocenters. The first-order chi connectivity index (χ1) is 12.2. The van der Waals surface area contributed by atoms with Crippen LogP contribution in [0.4, 0.5) is 5.69 Å². The van der Waals surface area contributed by atoms with Crippen molar-refractivity contribution in [2.24, 2.45) is 10.9 Å². The monoisotopic (exact) mass is 344 g/mol. The van der Waals surface area contributed by atoms with Gasteiger partial charge in [-0.25, -0.2) is 0 Å². The zero-order valence-corrected chi connectivity index (χ0v) is 15.7. The zero-order valence-electron chi connectivity index (χ0n) is 15.7. The molecule has 2 saturated heterocycles. The smallest absolute Gasteiger partial charge is 0.191 e. The second-order valence-electron chi connectivity index (χ2n) is 7.44. The molecule has 5 nitrogen and oxygen atoms in total. The van der Waals surface area contributed by atoms with Crippen LogP contribution in [0, 0.1) is 5.92 Å². The fraction of sp³-hybridized carbons (Fsp3) is 0.650. The number of benzene rings is 1. The number of ether oxygens (including phenoxy) is 1. The molecule has 3 rings (SSSR count). The molecule has 0 radical (unpaired) electrons. The van der Waals surface area contributed by atoms with Crippen LogP contribution >= 0.6 is 0 Å². The zero-order chi connectivity index (χ0) is 17.6. The van der Waals surface area contributed by atoms with Gasteiger partial charge in [-0.05, 0) is 44.2 Å². The minimum Gasteiger partial charge on any atom is -0.380 e. The maximum absolute atomic E-state index is 5.95. The highest BCUT2D eigenvalue weighted by molar-refractivity contribution is 5.80. The van der Waals surface area contributed by atoms with Gasteiger partial charge in [0.1, 0.15) is 0 Å². The molecule has 4 unspecified atom stereocenters. The number of hydrogen-bond donors (Lipinski definition) is 3. The predicted molar refractivity (Wildman–Crippen MR) is 104 cm³/mol. The molecule has 138 valence electrons. The van der Waals surface area contributed by atoms with Crippen LogP contribution in [0.1, 0.15) is 40.0 Å². The minimum absolute atomic E-state index is 0.300.